The van der Waals surface area contributed by atoms with Crippen LogP contribution in [0, 0.1) is 0 Å². The van der Waals surface area contributed by atoms with Crippen LogP contribution in [0.15, 0.2) is 29.3 Å². The molecule has 0 amide bonds. The summed E-state index contributed by atoms with van der Waals surface area (Å²) in [6, 6.07) is 5.87. The minimum Gasteiger partial charge on any atom is -0.332 e. The van der Waals surface area contributed by atoms with Crippen molar-refractivity contribution in [3.63, 3.8) is 0 Å². The van der Waals surface area contributed by atoms with Crippen molar-refractivity contribution in [3.8, 4) is 0 Å². The highest BCUT2D eigenvalue weighted by Gasteiger charge is 2.03. The van der Waals surface area contributed by atoms with E-state index in [1.165, 1.54) is 10.5 Å². The van der Waals surface area contributed by atoms with E-state index in [2.05, 4.69) is 4.72 Å². The fourth-order valence-corrected chi connectivity index (χ4v) is 1.90. The summed E-state index contributed by atoms with van der Waals surface area (Å²) in [5, 5.41) is 0.786. The molecule has 1 N–H and O–H groups in total. The van der Waals surface area contributed by atoms with Gasteiger partial charge in [-0.25, -0.2) is 0 Å². The van der Waals surface area contributed by atoms with Crippen molar-refractivity contribution in [1.29, 1.82) is 0 Å². The van der Waals surface area contributed by atoms with Crippen molar-refractivity contribution in [2.24, 2.45) is 0 Å². The Balaban J connectivity index is 2.53. The second-order valence-electron chi connectivity index (χ2n) is 2.24. The van der Waals surface area contributed by atoms with Crippen LogP contribution in [0.2, 0.25) is 5.02 Å². The van der Waals surface area contributed by atoms with Crippen molar-refractivity contribution in [3.05, 3.63) is 35.0 Å². The van der Waals surface area contributed by atoms with E-state index >= 15 is 0 Å². The largest absolute Gasteiger partial charge is 0.332 e. The molecule has 2 rings (SSSR count). The Morgan fingerprint density at radius 2 is 2.27 bits per heavy atom. The zero-order valence-corrected chi connectivity index (χ0v) is 7.25. The Kier molecular flexibility index (Phi) is 1.80. The summed E-state index contributed by atoms with van der Waals surface area (Å²) >= 11 is 7.39. The Morgan fingerprint density at radius 1 is 1.36 bits per heavy atom. The van der Waals surface area contributed by atoms with Gasteiger partial charge in [0.1, 0.15) is 0 Å². The molecule has 11 heavy (non-hydrogen) atoms. The van der Waals surface area contributed by atoms with E-state index in [1.807, 2.05) is 30.5 Å². The summed E-state index contributed by atoms with van der Waals surface area (Å²) in [7, 11) is 0. The molecule has 0 saturated heterocycles. The van der Waals surface area contributed by atoms with Gasteiger partial charge in [-0.05, 0) is 35.7 Å². The molecule has 0 saturated carbocycles. The maximum Gasteiger partial charge on any atom is 0.0418 e. The van der Waals surface area contributed by atoms with Crippen LogP contribution in [0.3, 0.4) is 0 Å². The van der Waals surface area contributed by atoms with Gasteiger partial charge in [-0.1, -0.05) is 17.7 Å². The lowest BCUT2D eigenvalue weighted by Gasteiger charge is -2.09. The molecular weight excluding hydrogens is 178 g/mol. The highest BCUT2D eigenvalue weighted by molar-refractivity contribution is 7.97. The molecule has 1 aromatic rings. The standard InChI is InChI=1S/C8H6ClNS/c9-7-2-1-6-3-4-10-11-8(6)5-7/h1-5,10H. The van der Waals surface area contributed by atoms with Crippen molar-refractivity contribution in [2.75, 3.05) is 0 Å². The first kappa shape index (κ1) is 7.07. The SMILES string of the molecule is Clc1ccc2c(c1)SNC=C2. The second kappa shape index (κ2) is 2.80. The van der Waals surface area contributed by atoms with Crippen LogP contribution in [-0.2, 0) is 0 Å². The highest BCUT2D eigenvalue weighted by atomic mass is 35.5. The van der Waals surface area contributed by atoms with Crippen LogP contribution in [0.1, 0.15) is 5.56 Å². The van der Waals surface area contributed by atoms with Crippen molar-refractivity contribution in [2.45, 2.75) is 4.90 Å². The van der Waals surface area contributed by atoms with E-state index in [0.29, 0.717) is 0 Å². The van der Waals surface area contributed by atoms with Crippen molar-refractivity contribution < 1.29 is 0 Å². The lowest BCUT2D eigenvalue weighted by molar-refractivity contribution is 1.32. The van der Waals surface area contributed by atoms with Crippen molar-refractivity contribution in [1.82, 2.24) is 4.72 Å². The van der Waals surface area contributed by atoms with Gasteiger partial charge in [0, 0.05) is 16.1 Å². The van der Waals surface area contributed by atoms with Gasteiger partial charge in [-0.3, -0.25) is 0 Å². The zero-order valence-electron chi connectivity index (χ0n) is 5.67. The number of hydrogen-bond donors (Lipinski definition) is 1. The van der Waals surface area contributed by atoms with Gasteiger partial charge in [-0.15, -0.1) is 0 Å². The monoisotopic (exact) mass is 183 g/mol. The van der Waals surface area contributed by atoms with Crippen LogP contribution in [0.5, 0.6) is 0 Å². The lowest BCUT2D eigenvalue weighted by Crippen LogP contribution is -1.97. The van der Waals surface area contributed by atoms with Gasteiger partial charge in [-0.2, -0.15) is 0 Å². The van der Waals surface area contributed by atoms with E-state index < -0.39 is 0 Å². The molecule has 1 aliphatic rings. The molecule has 1 aromatic carbocycles. The van der Waals surface area contributed by atoms with E-state index in [-0.39, 0.29) is 0 Å². The third kappa shape index (κ3) is 1.37. The number of benzene rings is 1. The maximum atomic E-state index is 5.81. The average Bonchev–Trinajstić information content (AvgIpc) is 2.04. The fraction of sp³-hybridized carbons (Fsp3) is 0. The summed E-state index contributed by atoms with van der Waals surface area (Å²) in [5.41, 5.74) is 1.22. The van der Waals surface area contributed by atoms with Crippen LogP contribution in [0.25, 0.3) is 6.08 Å². The van der Waals surface area contributed by atoms with Gasteiger partial charge in [0.05, 0.1) is 0 Å². The summed E-state index contributed by atoms with van der Waals surface area (Å²) in [5.74, 6) is 0. The first-order valence-corrected chi connectivity index (χ1v) is 4.44. The molecule has 56 valence electrons. The highest BCUT2D eigenvalue weighted by Crippen LogP contribution is 2.27. The number of nitrogens with one attached hydrogen (secondary N) is 1. The first-order valence-electron chi connectivity index (χ1n) is 3.25. The molecule has 0 fully saturated rings. The van der Waals surface area contributed by atoms with Crippen LogP contribution >= 0.6 is 23.5 Å². The Morgan fingerprint density at radius 3 is 3.18 bits per heavy atom. The number of halogens is 1. The van der Waals surface area contributed by atoms with Gasteiger partial charge in [0.15, 0.2) is 0 Å². The van der Waals surface area contributed by atoms with Crippen LogP contribution in [0.4, 0.5) is 0 Å². The van der Waals surface area contributed by atoms with E-state index in [4.69, 9.17) is 11.6 Å². The van der Waals surface area contributed by atoms with Gasteiger partial charge < -0.3 is 4.72 Å². The normalized spacial score (nSPS) is 13.9. The summed E-state index contributed by atoms with van der Waals surface area (Å²) < 4.78 is 3.05. The fourth-order valence-electron chi connectivity index (χ4n) is 0.956. The smallest absolute Gasteiger partial charge is 0.0418 e. The van der Waals surface area contributed by atoms with Gasteiger partial charge in [0.25, 0.3) is 0 Å². The lowest BCUT2D eigenvalue weighted by atomic mass is 10.2. The maximum absolute atomic E-state index is 5.81. The third-order valence-corrected chi connectivity index (χ3v) is 2.54. The molecule has 0 spiro atoms. The Bertz CT molecular complexity index is 309. The summed E-state index contributed by atoms with van der Waals surface area (Å²) in [4.78, 5) is 1.18. The molecule has 1 nitrogen and oxygen atoms in total. The average molecular weight is 184 g/mol. The molecule has 0 aromatic heterocycles. The quantitative estimate of drug-likeness (QED) is 0.621. The van der Waals surface area contributed by atoms with E-state index in [1.54, 1.807) is 11.9 Å². The second-order valence-corrected chi connectivity index (χ2v) is 3.55. The topological polar surface area (TPSA) is 12.0 Å². The van der Waals surface area contributed by atoms with Crippen LogP contribution < -0.4 is 4.72 Å². The predicted octanol–water partition coefficient (Wildman–Crippen LogP) is 2.92. The number of fused-ring (bicyclic) bond motifs is 1. The van der Waals surface area contributed by atoms with E-state index in [0.717, 1.165) is 5.02 Å². The van der Waals surface area contributed by atoms with Gasteiger partial charge in [0.2, 0.25) is 0 Å². The first-order chi connectivity index (χ1) is 5.36. The van der Waals surface area contributed by atoms with Crippen molar-refractivity contribution >= 4 is 29.6 Å². The number of rotatable bonds is 0. The molecule has 3 heteroatoms. The Labute approximate surface area is 74.6 Å². The Hall–Kier alpha value is -0.600. The molecule has 0 unspecified atom stereocenters. The number of hydrogen-bond acceptors (Lipinski definition) is 2. The molecule has 0 aliphatic carbocycles. The third-order valence-electron chi connectivity index (χ3n) is 1.48. The molecule has 0 atom stereocenters. The predicted molar refractivity (Wildman–Crippen MR) is 49.5 cm³/mol. The molecular formula is C8H6ClNS. The van der Waals surface area contributed by atoms with Crippen LogP contribution in [-0.4, -0.2) is 0 Å². The minimum absolute atomic E-state index is 0.786. The zero-order chi connectivity index (χ0) is 7.68. The summed E-state index contributed by atoms with van der Waals surface area (Å²) in [6.45, 7) is 0. The van der Waals surface area contributed by atoms with Gasteiger partial charge >= 0.3 is 0 Å². The molecule has 0 radical (unpaired) electrons. The summed E-state index contributed by atoms with van der Waals surface area (Å²) in [6.07, 6.45) is 3.95. The molecule has 1 aliphatic heterocycles. The molecule has 0 bridgehead atoms. The minimum atomic E-state index is 0.786. The molecule has 1 heterocycles. The van der Waals surface area contributed by atoms with E-state index in [9.17, 15) is 0 Å².